The number of aromatic nitrogens is 1. The Morgan fingerprint density at radius 2 is 1.83 bits per heavy atom. The van der Waals surface area contributed by atoms with Crippen LogP contribution in [0.4, 0.5) is 0 Å². The zero-order valence-corrected chi connectivity index (χ0v) is 14.9. The van der Waals surface area contributed by atoms with Crippen LogP contribution < -0.4 is 0 Å². The molecule has 0 atom stereocenters. The Morgan fingerprint density at radius 3 is 2.38 bits per heavy atom. The number of rotatable bonds is 8. The summed E-state index contributed by atoms with van der Waals surface area (Å²) in [6.07, 6.45) is 4.18. The Hall–Kier alpha value is -1.76. The second-order valence-electron chi connectivity index (χ2n) is 6.17. The largest absolute Gasteiger partial charge is 0.395 e. The molecule has 1 N–H and O–H groups in total. The lowest BCUT2D eigenvalue weighted by Crippen LogP contribution is -2.33. The number of sulfonamides is 1. The van der Waals surface area contributed by atoms with E-state index in [2.05, 4.69) is 18.8 Å². The first-order valence-corrected chi connectivity index (χ1v) is 9.46. The molecule has 2 aromatic rings. The van der Waals surface area contributed by atoms with E-state index in [1.54, 1.807) is 30.6 Å². The van der Waals surface area contributed by atoms with E-state index in [4.69, 9.17) is 0 Å². The molecule has 0 bridgehead atoms. The number of aliphatic hydroxyl groups is 1. The fraction of sp³-hybridized carbons (Fsp3) is 0.389. The lowest BCUT2D eigenvalue weighted by atomic mass is 10.0. The number of nitrogens with zero attached hydrogens (tertiary/aromatic N) is 2. The van der Waals surface area contributed by atoms with Gasteiger partial charge >= 0.3 is 0 Å². The highest BCUT2D eigenvalue weighted by molar-refractivity contribution is 7.89. The van der Waals surface area contributed by atoms with Crippen molar-refractivity contribution in [1.82, 2.24) is 9.29 Å². The number of hydrogen-bond acceptors (Lipinski definition) is 4. The van der Waals surface area contributed by atoms with Gasteiger partial charge in [0.15, 0.2) is 0 Å². The molecule has 0 fully saturated rings. The van der Waals surface area contributed by atoms with Crippen molar-refractivity contribution < 1.29 is 13.5 Å². The smallest absolute Gasteiger partial charge is 0.243 e. The van der Waals surface area contributed by atoms with Gasteiger partial charge in [0.05, 0.1) is 11.5 Å². The molecule has 0 aliphatic rings. The minimum Gasteiger partial charge on any atom is -0.395 e. The van der Waals surface area contributed by atoms with Crippen LogP contribution in [0.1, 0.15) is 25.0 Å². The van der Waals surface area contributed by atoms with Crippen LogP contribution in [0.25, 0.3) is 0 Å². The molecule has 0 saturated carbocycles. The summed E-state index contributed by atoms with van der Waals surface area (Å²) in [5, 5.41) is 9.25. The molecule has 0 aliphatic carbocycles. The van der Waals surface area contributed by atoms with E-state index in [0.29, 0.717) is 5.92 Å². The van der Waals surface area contributed by atoms with Gasteiger partial charge in [0.25, 0.3) is 0 Å². The van der Waals surface area contributed by atoms with Crippen molar-refractivity contribution >= 4 is 10.0 Å². The minimum absolute atomic E-state index is 0.0466. The second kappa shape index (κ2) is 8.37. The van der Waals surface area contributed by atoms with E-state index in [1.807, 2.05) is 18.2 Å². The molecule has 0 aliphatic heterocycles. The van der Waals surface area contributed by atoms with E-state index < -0.39 is 10.0 Å². The average Bonchev–Trinajstić information content (AvgIpc) is 2.55. The quantitative estimate of drug-likeness (QED) is 0.795. The highest BCUT2D eigenvalue weighted by atomic mass is 32.2. The van der Waals surface area contributed by atoms with Gasteiger partial charge in [0, 0.05) is 25.5 Å². The SMILES string of the molecule is CC(C)Cc1ccc(S(=O)(=O)N(CCO)Cc2cccnc2)cc1. The summed E-state index contributed by atoms with van der Waals surface area (Å²) >= 11 is 0. The van der Waals surface area contributed by atoms with Crippen LogP contribution >= 0.6 is 0 Å². The Bertz CT molecular complexity index is 729. The lowest BCUT2D eigenvalue weighted by molar-refractivity contribution is 0.251. The molecule has 0 unspecified atom stereocenters. The van der Waals surface area contributed by atoms with Crippen LogP contribution in [0.3, 0.4) is 0 Å². The number of benzene rings is 1. The Kier molecular flexibility index (Phi) is 6.48. The summed E-state index contributed by atoms with van der Waals surface area (Å²) in [5.41, 5.74) is 1.90. The zero-order chi connectivity index (χ0) is 17.6. The topological polar surface area (TPSA) is 70.5 Å². The first-order chi connectivity index (χ1) is 11.4. The van der Waals surface area contributed by atoms with Gasteiger partial charge in [0.2, 0.25) is 10.0 Å². The van der Waals surface area contributed by atoms with E-state index in [9.17, 15) is 13.5 Å². The van der Waals surface area contributed by atoms with Gasteiger partial charge in [-0.25, -0.2) is 8.42 Å². The maximum absolute atomic E-state index is 12.9. The van der Waals surface area contributed by atoms with Crippen LogP contribution in [0, 0.1) is 5.92 Å². The third kappa shape index (κ3) is 4.87. The van der Waals surface area contributed by atoms with E-state index in [1.165, 1.54) is 4.31 Å². The Balaban J connectivity index is 2.24. The molecule has 130 valence electrons. The highest BCUT2D eigenvalue weighted by Crippen LogP contribution is 2.19. The van der Waals surface area contributed by atoms with E-state index >= 15 is 0 Å². The summed E-state index contributed by atoms with van der Waals surface area (Å²) in [6.45, 7) is 4.25. The van der Waals surface area contributed by atoms with Crippen LogP contribution in [0.15, 0.2) is 53.7 Å². The molecule has 6 heteroatoms. The zero-order valence-electron chi connectivity index (χ0n) is 14.1. The lowest BCUT2D eigenvalue weighted by Gasteiger charge is -2.21. The summed E-state index contributed by atoms with van der Waals surface area (Å²) in [4.78, 5) is 4.25. The Morgan fingerprint density at radius 1 is 1.12 bits per heavy atom. The van der Waals surface area contributed by atoms with Crippen molar-refractivity contribution in [2.45, 2.75) is 31.7 Å². The maximum atomic E-state index is 12.9. The van der Waals surface area contributed by atoms with Crippen molar-refractivity contribution in [2.24, 2.45) is 5.92 Å². The highest BCUT2D eigenvalue weighted by Gasteiger charge is 2.24. The van der Waals surface area contributed by atoms with Crippen molar-refractivity contribution in [2.75, 3.05) is 13.2 Å². The normalized spacial score (nSPS) is 12.0. The van der Waals surface area contributed by atoms with Crippen LogP contribution in [-0.2, 0) is 23.0 Å². The molecule has 0 spiro atoms. The molecule has 5 nitrogen and oxygen atoms in total. The van der Waals surface area contributed by atoms with Crippen molar-refractivity contribution in [1.29, 1.82) is 0 Å². The van der Waals surface area contributed by atoms with Gasteiger partial charge in [-0.15, -0.1) is 0 Å². The molecule has 0 amide bonds. The first kappa shape index (κ1) is 18.6. The van der Waals surface area contributed by atoms with Crippen LogP contribution in [-0.4, -0.2) is 36.0 Å². The monoisotopic (exact) mass is 348 g/mol. The first-order valence-electron chi connectivity index (χ1n) is 8.02. The van der Waals surface area contributed by atoms with Crippen molar-refractivity contribution in [3.05, 3.63) is 59.9 Å². The Labute approximate surface area is 144 Å². The molecule has 0 saturated heterocycles. The van der Waals surface area contributed by atoms with Gasteiger partial charge in [-0.05, 0) is 41.7 Å². The summed E-state index contributed by atoms with van der Waals surface area (Å²) in [5.74, 6) is 0.518. The summed E-state index contributed by atoms with van der Waals surface area (Å²) in [6, 6.07) is 10.6. The number of aliphatic hydroxyl groups excluding tert-OH is 1. The molecule has 1 heterocycles. The standard InChI is InChI=1S/C18H24N2O3S/c1-15(2)12-16-5-7-18(8-6-16)24(22,23)20(10-11-21)14-17-4-3-9-19-13-17/h3-9,13,15,21H,10-12,14H2,1-2H3. The minimum atomic E-state index is -3.66. The molecule has 24 heavy (non-hydrogen) atoms. The van der Waals surface area contributed by atoms with Crippen LogP contribution in [0.5, 0.6) is 0 Å². The number of hydrogen-bond donors (Lipinski definition) is 1. The third-order valence-corrected chi connectivity index (χ3v) is 5.50. The molecule has 0 radical (unpaired) electrons. The van der Waals surface area contributed by atoms with E-state index in [0.717, 1.165) is 17.5 Å². The average molecular weight is 348 g/mol. The van der Waals surface area contributed by atoms with Gasteiger partial charge in [-0.2, -0.15) is 4.31 Å². The second-order valence-corrected chi connectivity index (χ2v) is 8.10. The van der Waals surface area contributed by atoms with Crippen molar-refractivity contribution in [3.8, 4) is 0 Å². The maximum Gasteiger partial charge on any atom is 0.243 e. The third-order valence-electron chi connectivity index (χ3n) is 3.64. The summed E-state index contributed by atoms with van der Waals surface area (Å²) < 4.78 is 27.0. The molecule has 1 aromatic heterocycles. The number of pyridine rings is 1. The summed E-state index contributed by atoms with van der Waals surface area (Å²) in [7, 11) is -3.66. The van der Waals surface area contributed by atoms with Gasteiger partial charge in [0.1, 0.15) is 0 Å². The molecular weight excluding hydrogens is 324 g/mol. The fourth-order valence-electron chi connectivity index (χ4n) is 2.51. The van der Waals surface area contributed by atoms with Crippen LogP contribution in [0.2, 0.25) is 0 Å². The molecular formula is C18H24N2O3S. The predicted octanol–water partition coefficient (Wildman–Crippen LogP) is 2.46. The molecule has 1 aromatic carbocycles. The van der Waals surface area contributed by atoms with E-state index in [-0.39, 0.29) is 24.6 Å². The van der Waals surface area contributed by atoms with Crippen molar-refractivity contribution in [3.63, 3.8) is 0 Å². The predicted molar refractivity (Wildman–Crippen MR) is 93.9 cm³/mol. The fourth-order valence-corrected chi connectivity index (χ4v) is 3.93. The van der Waals surface area contributed by atoms with Gasteiger partial charge in [-0.3, -0.25) is 4.98 Å². The van der Waals surface area contributed by atoms with Gasteiger partial charge < -0.3 is 5.11 Å². The molecule has 2 rings (SSSR count). The van der Waals surface area contributed by atoms with Gasteiger partial charge in [-0.1, -0.05) is 32.0 Å².